The summed E-state index contributed by atoms with van der Waals surface area (Å²) in [5.41, 5.74) is 4.18. The number of amides is 1. The molecule has 0 spiro atoms. The minimum atomic E-state index is -0.127. The number of aryl methyl sites for hydroxylation is 2. The molecule has 3 rings (SSSR count). The van der Waals surface area contributed by atoms with Crippen LogP contribution in [-0.2, 0) is 4.79 Å². The molecule has 0 bridgehead atoms. The molecule has 0 saturated heterocycles. The number of carbonyl (C=O) groups excluding carboxylic acids is 1. The van der Waals surface area contributed by atoms with E-state index >= 15 is 0 Å². The largest absolute Gasteiger partial charge is 0.368 e. The Hall–Kier alpha value is -3.48. The average Bonchev–Trinajstić information content (AvgIpc) is 3.03. The van der Waals surface area contributed by atoms with Gasteiger partial charge in [-0.1, -0.05) is 24.3 Å². The number of rotatable bonds is 7. The van der Waals surface area contributed by atoms with Gasteiger partial charge in [-0.2, -0.15) is 0 Å². The van der Waals surface area contributed by atoms with Crippen molar-refractivity contribution in [3.63, 3.8) is 0 Å². The number of nitrogens with zero attached hydrogens (tertiary/aromatic N) is 4. The maximum Gasteiger partial charge on any atom is 0.244 e. The van der Waals surface area contributed by atoms with Crippen molar-refractivity contribution < 1.29 is 4.79 Å². The van der Waals surface area contributed by atoms with E-state index in [1.807, 2.05) is 61.7 Å². The minimum absolute atomic E-state index is 0.127. The van der Waals surface area contributed by atoms with Gasteiger partial charge in [-0.15, -0.1) is 0 Å². The lowest BCUT2D eigenvalue weighted by Gasteiger charge is -2.09. The summed E-state index contributed by atoms with van der Waals surface area (Å²) in [6, 6.07) is 9.79. The Morgan fingerprint density at radius 1 is 1.11 bits per heavy atom. The van der Waals surface area contributed by atoms with Crippen LogP contribution in [0.25, 0.3) is 11.9 Å². The van der Waals surface area contributed by atoms with E-state index < -0.39 is 0 Å². The van der Waals surface area contributed by atoms with E-state index in [1.165, 1.54) is 6.33 Å². The molecular weight excluding hydrogens is 352 g/mol. The minimum Gasteiger partial charge on any atom is -0.368 e. The first-order chi connectivity index (χ1) is 13.5. The van der Waals surface area contributed by atoms with Crippen LogP contribution in [0.5, 0.6) is 0 Å². The van der Waals surface area contributed by atoms with Gasteiger partial charge < -0.3 is 10.6 Å². The van der Waals surface area contributed by atoms with Crippen molar-refractivity contribution in [1.29, 1.82) is 0 Å². The Morgan fingerprint density at radius 2 is 1.93 bits per heavy atom. The summed E-state index contributed by atoms with van der Waals surface area (Å²) in [5, 5.41) is 6.05. The Labute approximate surface area is 164 Å². The van der Waals surface area contributed by atoms with E-state index in [-0.39, 0.29) is 5.91 Å². The Kier molecular flexibility index (Phi) is 6.16. The normalized spacial score (nSPS) is 11.0. The number of carbonyl (C=O) groups is 1. The van der Waals surface area contributed by atoms with Gasteiger partial charge in [-0.25, -0.2) is 15.0 Å². The lowest BCUT2D eigenvalue weighted by molar-refractivity contribution is -0.116. The fourth-order valence-electron chi connectivity index (χ4n) is 2.68. The van der Waals surface area contributed by atoms with Crippen LogP contribution in [0, 0.1) is 20.8 Å². The second-order valence-corrected chi connectivity index (χ2v) is 6.45. The van der Waals surface area contributed by atoms with Crippen LogP contribution in [0.1, 0.15) is 22.5 Å². The Balaban J connectivity index is 1.49. The number of aromatic nitrogens is 4. The second-order valence-electron chi connectivity index (χ2n) is 6.45. The summed E-state index contributed by atoms with van der Waals surface area (Å²) in [6.07, 6.45) is 6.63. The molecule has 0 radical (unpaired) electrons. The molecule has 1 amide bonds. The van der Waals surface area contributed by atoms with Crippen molar-refractivity contribution in [3.05, 3.63) is 71.6 Å². The number of nitrogens with one attached hydrogen (secondary N) is 2. The first kappa shape index (κ1) is 19.3. The third-order valence-corrected chi connectivity index (χ3v) is 4.48. The van der Waals surface area contributed by atoms with Gasteiger partial charge in [0.2, 0.25) is 5.91 Å². The molecule has 2 aromatic heterocycles. The number of imidazole rings is 1. The topological polar surface area (TPSA) is 84.7 Å². The Morgan fingerprint density at radius 3 is 2.68 bits per heavy atom. The smallest absolute Gasteiger partial charge is 0.244 e. The van der Waals surface area contributed by atoms with E-state index in [9.17, 15) is 4.79 Å². The fraction of sp³-hybridized carbons (Fsp3) is 0.238. The molecule has 0 fully saturated rings. The fourth-order valence-corrected chi connectivity index (χ4v) is 2.68. The van der Waals surface area contributed by atoms with Crippen LogP contribution in [0.2, 0.25) is 0 Å². The lowest BCUT2D eigenvalue weighted by atomic mass is 10.1. The molecular formula is C21H24N6O. The van der Waals surface area contributed by atoms with Crippen molar-refractivity contribution in [2.75, 3.05) is 18.4 Å². The highest BCUT2D eigenvalue weighted by molar-refractivity contribution is 5.91. The molecule has 1 aromatic carbocycles. The molecule has 0 saturated carbocycles. The standard InChI is InChI=1S/C21H24N6O/c1-15-6-4-5-7-18(15)8-9-21(28)23-11-10-22-19-12-20(25-13-24-19)27-14-26-16(2)17(27)3/h4-9,12-14H,10-11H2,1-3H3,(H,23,28)(H,22,24,25)/b9-8+. The number of hydrogen-bond donors (Lipinski definition) is 2. The van der Waals surface area contributed by atoms with E-state index in [0.717, 1.165) is 28.3 Å². The predicted octanol–water partition coefficient (Wildman–Crippen LogP) is 2.83. The maximum absolute atomic E-state index is 12.0. The van der Waals surface area contributed by atoms with Gasteiger partial charge in [0, 0.05) is 30.9 Å². The van der Waals surface area contributed by atoms with E-state index in [0.29, 0.717) is 18.9 Å². The van der Waals surface area contributed by atoms with Gasteiger partial charge in [-0.05, 0) is 38.0 Å². The zero-order valence-corrected chi connectivity index (χ0v) is 16.3. The summed E-state index contributed by atoms with van der Waals surface area (Å²) in [4.78, 5) is 24.8. The number of anilines is 1. The maximum atomic E-state index is 12.0. The number of hydrogen-bond acceptors (Lipinski definition) is 5. The highest BCUT2D eigenvalue weighted by atomic mass is 16.1. The monoisotopic (exact) mass is 376 g/mol. The van der Waals surface area contributed by atoms with Crippen LogP contribution >= 0.6 is 0 Å². The van der Waals surface area contributed by atoms with Crippen LogP contribution in [0.4, 0.5) is 5.82 Å². The van der Waals surface area contributed by atoms with E-state index in [1.54, 1.807) is 12.4 Å². The van der Waals surface area contributed by atoms with Gasteiger partial charge in [0.1, 0.15) is 24.3 Å². The highest BCUT2D eigenvalue weighted by Gasteiger charge is 2.06. The van der Waals surface area contributed by atoms with Crippen molar-refractivity contribution in [2.24, 2.45) is 0 Å². The predicted molar refractivity (Wildman–Crippen MR) is 110 cm³/mol. The van der Waals surface area contributed by atoms with E-state index in [4.69, 9.17) is 0 Å². The first-order valence-electron chi connectivity index (χ1n) is 9.13. The van der Waals surface area contributed by atoms with Crippen molar-refractivity contribution >= 4 is 17.8 Å². The molecule has 7 nitrogen and oxygen atoms in total. The quantitative estimate of drug-likeness (QED) is 0.489. The zero-order valence-electron chi connectivity index (χ0n) is 16.3. The molecule has 144 valence electrons. The van der Waals surface area contributed by atoms with E-state index in [2.05, 4.69) is 25.6 Å². The molecule has 7 heteroatoms. The molecule has 28 heavy (non-hydrogen) atoms. The molecule has 0 aliphatic rings. The van der Waals surface area contributed by atoms with Crippen LogP contribution in [0.3, 0.4) is 0 Å². The third-order valence-electron chi connectivity index (χ3n) is 4.48. The van der Waals surface area contributed by atoms with Gasteiger partial charge in [0.25, 0.3) is 0 Å². The van der Waals surface area contributed by atoms with Gasteiger partial charge in [-0.3, -0.25) is 9.36 Å². The van der Waals surface area contributed by atoms with Crippen LogP contribution in [0.15, 0.2) is 49.1 Å². The van der Waals surface area contributed by atoms with Gasteiger partial charge in [0.05, 0.1) is 5.69 Å². The molecule has 2 N–H and O–H groups in total. The zero-order chi connectivity index (χ0) is 19.9. The molecule has 0 aliphatic carbocycles. The Bertz CT molecular complexity index is 992. The van der Waals surface area contributed by atoms with Crippen molar-refractivity contribution in [2.45, 2.75) is 20.8 Å². The average molecular weight is 376 g/mol. The molecule has 0 atom stereocenters. The summed E-state index contributed by atoms with van der Waals surface area (Å²) in [6.45, 7) is 7.02. The molecule has 3 aromatic rings. The number of benzene rings is 1. The highest BCUT2D eigenvalue weighted by Crippen LogP contribution is 2.13. The van der Waals surface area contributed by atoms with Crippen molar-refractivity contribution in [3.8, 4) is 5.82 Å². The molecule has 0 aliphatic heterocycles. The van der Waals surface area contributed by atoms with Crippen LogP contribution < -0.4 is 10.6 Å². The SMILES string of the molecule is Cc1ccccc1/C=C/C(=O)NCCNc1cc(-n2cnc(C)c2C)ncn1. The summed E-state index contributed by atoms with van der Waals surface area (Å²) in [7, 11) is 0. The molecule has 2 heterocycles. The summed E-state index contributed by atoms with van der Waals surface area (Å²) in [5.74, 6) is 1.32. The molecule has 0 unspecified atom stereocenters. The first-order valence-corrected chi connectivity index (χ1v) is 9.13. The van der Waals surface area contributed by atoms with Crippen molar-refractivity contribution in [1.82, 2.24) is 24.8 Å². The third kappa shape index (κ3) is 4.82. The lowest BCUT2D eigenvalue weighted by Crippen LogP contribution is -2.27. The second kappa shape index (κ2) is 8.94. The summed E-state index contributed by atoms with van der Waals surface area (Å²) < 4.78 is 1.92. The summed E-state index contributed by atoms with van der Waals surface area (Å²) >= 11 is 0. The van der Waals surface area contributed by atoms with Gasteiger partial charge >= 0.3 is 0 Å². The van der Waals surface area contributed by atoms with Crippen LogP contribution in [-0.4, -0.2) is 38.5 Å². The van der Waals surface area contributed by atoms with Gasteiger partial charge in [0.15, 0.2) is 0 Å².